The standard InChI is InChI=1S/C16H13NO2/c1-2-12-4-3-5-14(10-12)17-16(19)11-13-6-8-15(18)9-7-13/h1,3-10,18H,11H2,(H,17,19). The monoisotopic (exact) mass is 251 g/mol. The molecule has 3 heteroatoms. The van der Waals surface area contributed by atoms with E-state index in [0.29, 0.717) is 5.69 Å². The zero-order valence-corrected chi connectivity index (χ0v) is 10.3. The summed E-state index contributed by atoms with van der Waals surface area (Å²) >= 11 is 0. The quantitative estimate of drug-likeness (QED) is 0.824. The normalized spacial score (nSPS) is 9.63. The Kier molecular flexibility index (Phi) is 3.84. The molecule has 0 aliphatic rings. The van der Waals surface area contributed by atoms with Gasteiger partial charge in [0.05, 0.1) is 6.42 Å². The van der Waals surface area contributed by atoms with Crippen LogP contribution < -0.4 is 5.32 Å². The van der Waals surface area contributed by atoms with Crippen molar-refractivity contribution in [3.8, 4) is 18.1 Å². The third kappa shape index (κ3) is 3.62. The second-order valence-corrected chi connectivity index (χ2v) is 4.12. The molecule has 0 spiro atoms. The van der Waals surface area contributed by atoms with Gasteiger partial charge < -0.3 is 10.4 Å². The van der Waals surface area contributed by atoms with Gasteiger partial charge in [-0.2, -0.15) is 0 Å². The van der Waals surface area contributed by atoms with Gasteiger partial charge in [0.1, 0.15) is 5.75 Å². The first-order valence-electron chi connectivity index (χ1n) is 5.82. The summed E-state index contributed by atoms with van der Waals surface area (Å²) in [6, 6.07) is 13.7. The minimum atomic E-state index is -0.125. The molecule has 0 unspecified atom stereocenters. The molecule has 19 heavy (non-hydrogen) atoms. The number of aromatic hydroxyl groups is 1. The molecule has 0 bridgehead atoms. The Bertz CT molecular complexity index is 624. The van der Waals surface area contributed by atoms with Crippen molar-refractivity contribution in [2.75, 3.05) is 5.32 Å². The topological polar surface area (TPSA) is 49.3 Å². The minimum absolute atomic E-state index is 0.125. The molecular formula is C16H13NO2. The van der Waals surface area contributed by atoms with Gasteiger partial charge in [-0.3, -0.25) is 4.79 Å². The van der Waals surface area contributed by atoms with Crippen LogP contribution >= 0.6 is 0 Å². The molecule has 0 saturated carbocycles. The van der Waals surface area contributed by atoms with Crippen LogP contribution in [0.3, 0.4) is 0 Å². The highest BCUT2D eigenvalue weighted by Crippen LogP contribution is 2.12. The first-order chi connectivity index (χ1) is 9.17. The number of terminal acetylenes is 1. The summed E-state index contributed by atoms with van der Waals surface area (Å²) in [6.07, 6.45) is 5.55. The fraction of sp³-hybridized carbons (Fsp3) is 0.0625. The summed E-state index contributed by atoms with van der Waals surface area (Å²) in [7, 11) is 0. The van der Waals surface area contributed by atoms with E-state index in [0.717, 1.165) is 11.1 Å². The number of carbonyl (C=O) groups is 1. The molecule has 2 N–H and O–H groups in total. The average Bonchev–Trinajstić information content (AvgIpc) is 2.41. The molecule has 1 amide bonds. The second-order valence-electron chi connectivity index (χ2n) is 4.12. The molecule has 94 valence electrons. The minimum Gasteiger partial charge on any atom is -0.508 e. The summed E-state index contributed by atoms with van der Waals surface area (Å²) in [5.74, 6) is 2.58. The molecule has 0 radical (unpaired) electrons. The van der Waals surface area contributed by atoms with E-state index >= 15 is 0 Å². The number of phenolic OH excluding ortho intramolecular Hbond substituents is 1. The Labute approximate surface area is 111 Å². The third-order valence-corrected chi connectivity index (χ3v) is 2.61. The van der Waals surface area contributed by atoms with Crippen LogP contribution in [0.1, 0.15) is 11.1 Å². The number of nitrogens with one attached hydrogen (secondary N) is 1. The Morgan fingerprint density at radius 3 is 2.63 bits per heavy atom. The smallest absolute Gasteiger partial charge is 0.228 e. The highest BCUT2D eigenvalue weighted by atomic mass is 16.3. The lowest BCUT2D eigenvalue weighted by Crippen LogP contribution is -2.14. The Balaban J connectivity index is 2.01. The van der Waals surface area contributed by atoms with Crippen LogP contribution in [0.15, 0.2) is 48.5 Å². The van der Waals surface area contributed by atoms with Crippen molar-refractivity contribution in [3.63, 3.8) is 0 Å². The van der Waals surface area contributed by atoms with Crippen LogP contribution in [0, 0.1) is 12.3 Å². The number of anilines is 1. The van der Waals surface area contributed by atoms with E-state index < -0.39 is 0 Å². The maximum absolute atomic E-state index is 11.8. The Morgan fingerprint density at radius 2 is 1.95 bits per heavy atom. The van der Waals surface area contributed by atoms with E-state index in [9.17, 15) is 4.79 Å². The first-order valence-corrected chi connectivity index (χ1v) is 5.82. The summed E-state index contributed by atoms with van der Waals surface area (Å²) in [5, 5.41) is 11.9. The first kappa shape index (κ1) is 12.7. The number of benzene rings is 2. The van der Waals surface area contributed by atoms with Crippen LogP contribution in [0.25, 0.3) is 0 Å². The Morgan fingerprint density at radius 1 is 1.21 bits per heavy atom. The van der Waals surface area contributed by atoms with Gasteiger partial charge in [-0.05, 0) is 35.9 Å². The molecule has 2 aromatic rings. The second kappa shape index (κ2) is 5.74. The molecule has 2 rings (SSSR count). The highest BCUT2D eigenvalue weighted by Gasteiger charge is 2.04. The lowest BCUT2D eigenvalue weighted by Gasteiger charge is -2.06. The maximum Gasteiger partial charge on any atom is 0.228 e. The van der Waals surface area contributed by atoms with Crippen molar-refractivity contribution in [2.24, 2.45) is 0 Å². The number of rotatable bonds is 3. The van der Waals surface area contributed by atoms with E-state index in [-0.39, 0.29) is 18.1 Å². The number of hydrogen-bond donors (Lipinski definition) is 2. The largest absolute Gasteiger partial charge is 0.508 e. The van der Waals surface area contributed by atoms with Gasteiger partial charge in [0.25, 0.3) is 0 Å². The van der Waals surface area contributed by atoms with Gasteiger partial charge in [-0.15, -0.1) is 6.42 Å². The molecule has 0 saturated heterocycles. The average molecular weight is 251 g/mol. The lowest BCUT2D eigenvalue weighted by molar-refractivity contribution is -0.115. The lowest BCUT2D eigenvalue weighted by atomic mass is 10.1. The predicted molar refractivity (Wildman–Crippen MR) is 74.8 cm³/mol. The highest BCUT2D eigenvalue weighted by molar-refractivity contribution is 5.92. The van der Waals surface area contributed by atoms with Crippen LogP contribution in [-0.2, 0) is 11.2 Å². The van der Waals surface area contributed by atoms with Gasteiger partial charge >= 0.3 is 0 Å². The fourth-order valence-electron chi connectivity index (χ4n) is 1.69. The molecule has 0 atom stereocenters. The molecule has 0 aliphatic carbocycles. The van der Waals surface area contributed by atoms with E-state index in [1.807, 2.05) is 0 Å². The summed E-state index contributed by atoms with van der Waals surface area (Å²) in [5.41, 5.74) is 2.24. The van der Waals surface area contributed by atoms with Gasteiger partial charge in [0.2, 0.25) is 5.91 Å². The SMILES string of the molecule is C#Cc1cccc(NC(=O)Cc2ccc(O)cc2)c1. The van der Waals surface area contributed by atoms with Crippen molar-refractivity contribution in [1.82, 2.24) is 0 Å². The number of hydrogen-bond acceptors (Lipinski definition) is 2. The molecule has 3 nitrogen and oxygen atoms in total. The van der Waals surface area contributed by atoms with E-state index in [2.05, 4.69) is 11.2 Å². The Hall–Kier alpha value is -2.73. The van der Waals surface area contributed by atoms with Crippen LogP contribution in [-0.4, -0.2) is 11.0 Å². The number of amides is 1. The van der Waals surface area contributed by atoms with Crippen molar-refractivity contribution in [3.05, 3.63) is 59.7 Å². The van der Waals surface area contributed by atoms with E-state index in [1.165, 1.54) is 0 Å². The maximum atomic E-state index is 11.8. The van der Waals surface area contributed by atoms with Gasteiger partial charge in [-0.1, -0.05) is 24.1 Å². The zero-order valence-electron chi connectivity index (χ0n) is 10.3. The van der Waals surface area contributed by atoms with Gasteiger partial charge in [-0.25, -0.2) is 0 Å². The molecule has 0 heterocycles. The molecular weight excluding hydrogens is 238 g/mol. The molecule has 0 aliphatic heterocycles. The van der Waals surface area contributed by atoms with Crippen molar-refractivity contribution in [1.29, 1.82) is 0 Å². The predicted octanol–water partition coefficient (Wildman–Crippen LogP) is 2.55. The van der Waals surface area contributed by atoms with Crippen molar-refractivity contribution < 1.29 is 9.90 Å². The number of phenols is 1. The third-order valence-electron chi connectivity index (χ3n) is 2.61. The van der Waals surface area contributed by atoms with Crippen LogP contribution in [0.2, 0.25) is 0 Å². The van der Waals surface area contributed by atoms with E-state index in [4.69, 9.17) is 11.5 Å². The molecule has 2 aromatic carbocycles. The van der Waals surface area contributed by atoms with Crippen LogP contribution in [0.5, 0.6) is 5.75 Å². The molecule has 0 fully saturated rings. The summed E-state index contributed by atoms with van der Waals surface area (Å²) in [6.45, 7) is 0. The fourth-order valence-corrected chi connectivity index (χ4v) is 1.69. The van der Waals surface area contributed by atoms with Crippen molar-refractivity contribution >= 4 is 11.6 Å². The van der Waals surface area contributed by atoms with Gasteiger partial charge in [0.15, 0.2) is 0 Å². The summed E-state index contributed by atoms with van der Waals surface area (Å²) < 4.78 is 0. The zero-order chi connectivity index (χ0) is 13.7. The van der Waals surface area contributed by atoms with E-state index in [1.54, 1.807) is 48.5 Å². The number of carbonyl (C=O) groups excluding carboxylic acids is 1. The van der Waals surface area contributed by atoms with Gasteiger partial charge in [0, 0.05) is 11.3 Å². The summed E-state index contributed by atoms with van der Waals surface area (Å²) in [4.78, 5) is 11.8. The van der Waals surface area contributed by atoms with Crippen LogP contribution in [0.4, 0.5) is 5.69 Å². The molecule has 0 aromatic heterocycles. The van der Waals surface area contributed by atoms with Crippen molar-refractivity contribution in [2.45, 2.75) is 6.42 Å².